The molecule has 0 saturated heterocycles. The third-order valence-corrected chi connectivity index (χ3v) is 6.09. The molecule has 10 nitrogen and oxygen atoms in total. The number of hydrogen-bond acceptors (Lipinski definition) is 7. The van der Waals surface area contributed by atoms with Crippen molar-refractivity contribution in [2.24, 2.45) is 7.05 Å². The van der Waals surface area contributed by atoms with Crippen molar-refractivity contribution in [1.29, 1.82) is 0 Å². The number of carbonyl (C=O) groups excluding carboxylic acids is 1. The molecule has 3 N–H and O–H groups in total. The Balaban J connectivity index is 1.36. The summed E-state index contributed by atoms with van der Waals surface area (Å²) in [5.41, 5.74) is 0.540. The van der Waals surface area contributed by atoms with Crippen LogP contribution in [0.5, 0.6) is 11.5 Å². The highest BCUT2D eigenvalue weighted by Gasteiger charge is 2.20. The van der Waals surface area contributed by atoms with Gasteiger partial charge < -0.3 is 15.2 Å². The number of Topliss-reactive ketones (excluding diaryl/α,β-unsaturated/α-hetero) is 1. The van der Waals surface area contributed by atoms with Gasteiger partial charge in [0.15, 0.2) is 28.8 Å². The lowest BCUT2D eigenvalue weighted by molar-refractivity contribution is 0.0991. The van der Waals surface area contributed by atoms with E-state index in [-0.39, 0.29) is 36.1 Å². The molecular weight excluding hydrogens is 510 g/mol. The van der Waals surface area contributed by atoms with Crippen LogP contribution in [0.3, 0.4) is 0 Å². The number of halogens is 2. The molecule has 0 aliphatic heterocycles. The second-order valence-corrected chi connectivity index (χ2v) is 9.01. The van der Waals surface area contributed by atoms with Gasteiger partial charge in [0.2, 0.25) is 0 Å². The molecule has 5 rings (SSSR count). The maximum absolute atomic E-state index is 15.1. The summed E-state index contributed by atoms with van der Waals surface area (Å²) in [5, 5.41) is 19.8. The molecule has 0 bridgehead atoms. The summed E-state index contributed by atoms with van der Waals surface area (Å²) in [5.74, 6) is -1.05. The Bertz CT molecular complexity index is 1720. The number of aromatic nitrogens is 5. The van der Waals surface area contributed by atoms with E-state index in [1.165, 1.54) is 58.2 Å². The molecule has 3 aromatic heterocycles. The van der Waals surface area contributed by atoms with Gasteiger partial charge in [0.05, 0.1) is 12.3 Å². The normalized spacial score (nSPS) is 12.0. The Hall–Kier alpha value is -4.84. The lowest BCUT2D eigenvalue weighted by Crippen LogP contribution is -2.23. The standard InChI is InChI=1S/C27H24F2N6O4/c1-15(14-36)31-26-24-23(9-10-30-25(24)32-33-26)39-22-8-3-16(11-20(22)29)12-21(37)19-13-34(2)35(27(19)38)18-6-4-17(28)5-7-18/h3-11,13,15,36H,12,14H2,1-2H3,(H2,30,31,32,33)/t15-/m1/s1. The molecule has 0 radical (unpaired) electrons. The number of anilines is 1. The maximum atomic E-state index is 15.1. The van der Waals surface area contributed by atoms with Crippen LogP contribution in [0.1, 0.15) is 22.8 Å². The fourth-order valence-electron chi connectivity index (χ4n) is 4.16. The van der Waals surface area contributed by atoms with Crippen LogP contribution >= 0.6 is 0 Å². The Morgan fingerprint density at radius 3 is 2.64 bits per heavy atom. The van der Waals surface area contributed by atoms with Crippen LogP contribution < -0.4 is 15.6 Å². The summed E-state index contributed by atoms with van der Waals surface area (Å²) in [6.07, 6.45) is 2.66. The molecule has 12 heteroatoms. The molecule has 0 saturated carbocycles. The van der Waals surface area contributed by atoms with E-state index in [9.17, 15) is 19.1 Å². The molecule has 0 fully saturated rings. The third kappa shape index (κ3) is 5.14. The fraction of sp³-hybridized carbons (Fsp3) is 0.185. The molecule has 1 atom stereocenters. The topological polar surface area (TPSA) is 127 Å². The van der Waals surface area contributed by atoms with Gasteiger partial charge in [-0.05, 0) is 48.9 Å². The SMILES string of the molecule is C[C@H](CO)Nc1n[nH]c2nccc(Oc3ccc(CC(=O)c4cn(C)n(-c5ccc(F)cc5)c4=O)cc3F)c12. The first-order valence-electron chi connectivity index (χ1n) is 12.0. The van der Waals surface area contributed by atoms with Crippen molar-refractivity contribution in [3.05, 3.63) is 94.0 Å². The first-order valence-corrected chi connectivity index (χ1v) is 12.0. The van der Waals surface area contributed by atoms with Gasteiger partial charge in [-0.25, -0.2) is 18.4 Å². The maximum Gasteiger partial charge on any atom is 0.282 e. The van der Waals surface area contributed by atoms with Gasteiger partial charge in [0.25, 0.3) is 5.56 Å². The average Bonchev–Trinajstić information content (AvgIpc) is 3.46. The fourth-order valence-corrected chi connectivity index (χ4v) is 4.16. The summed E-state index contributed by atoms with van der Waals surface area (Å²) in [6.45, 7) is 1.65. The second-order valence-electron chi connectivity index (χ2n) is 9.01. The molecule has 3 heterocycles. The number of ether oxygens (including phenoxy) is 1. The highest BCUT2D eigenvalue weighted by Crippen LogP contribution is 2.34. The van der Waals surface area contributed by atoms with Gasteiger partial charge in [-0.15, -0.1) is 0 Å². The van der Waals surface area contributed by atoms with Crippen molar-refractivity contribution in [2.75, 3.05) is 11.9 Å². The van der Waals surface area contributed by atoms with Gasteiger partial charge in [-0.2, -0.15) is 5.10 Å². The number of nitrogens with one attached hydrogen (secondary N) is 2. The molecule has 0 unspecified atom stereocenters. The number of fused-ring (bicyclic) bond motifs is 1. The largest absolute Gasteiger partial charge is 0.453 e. The van der Waals surface area contributed by atoms with Crippen LogP contribution in [0.25, 0.3) is 16.7 Å². The number of aryl methyl sites for hydroxylation is 1. The number of ketones is 1. The quantitative estimate of drug-likeness (QED) is 0.246. The Morgan fingerprint density at radius 2 is 1.92 bits per heavy atom. The van der Waals surface area contributed by atoms with E-state index < -0.39 is 23.0 Å². The van der Waals surface area contributed by atoms with Crippen molar-refractivity contribution in [2.45, 2.75) is 19.4 Å². The lowest BCUT2D eigenvalue weighted by Gasteiger charge is -2.12. The van der Waals surface area contributed by atoms with E-state index >= 15 is 4.39 Å². The van der Waals surface area contributed by atoms with Crippen LogP contribution in [0.2, 0.25) is 0 Å². The predicted molar refractivity (Wildman–Crippen MR) is 140 cm³/mol. The van der Waals surface area contributed by atoms with Crippen LogP contribution in [0, 0.1) is 11.6 Å². The highest BCUT2D eigenvalue weighted by molar-refractivity contribution is 5.97. The molecule has 0 aliphatic rings. The van der Waals surface area contributed by atoms with Crippen molar-refractivity contribution in [3.63, 3.8) is 0 Å². The minimum absolute atomic E-state index is 0.0705. The zero-order valence-corrected chi connectivity index (χ0v) is 21.0. The molecule has 0 amide bonds. The summed E-state index contributed by atoms with van der Waals surface area (Å²) in [4.78, 5) is 30.1. The van der Waals surface area contributed by atoms with Crippen molar-refractivity contribution in [3.8, 4) is 17.2 Å². The third-order valence-electron chi connectivity index (χ3n) is 6.09. The highest BCUT2D eigenvalue weighted by atomic mass is 19.1. The van der Waals surface area contributed by atoms with Crippen LogP contribution in [-0.2, 0) is 13.5 Å². The first-order chi connectivity index (χ1) is 18.7. The van der Waals surface area contributed by atoms with Crippen molar-refractivity contribution >= 4 is 22.6 Å². The van der Waals surface area contributed by atoms with Crippen molar-refractivity contribution < 1.29 is 23.4 Å². The van der Waals surface area contributed by atoms with E-state index in [1.807, 2.05) is 0 Å². The zero-order chi connectivity index (χ0) is 27.7. The number of aromatic amines is 1. The number of nitrogens with zero attached hydrogens (tertiary/aromatic N) is 4. The molecule has 2 aromatic carbocycles. The van der Waals surface area contributed by atoms with Gasteiger partial charge in [-0.1, -0.05) is 6.07 Å². The number of hydrogen-bond donors (Lipinski definition) is 3. The number of rotatable bonds is 9. The number of aliphatic hydroxyl groups excluding tert-OH is 1. The Kier molecular flexibility index (Phi) is 6.94. The van der Waals surface area contributed by atoms with Gasteiger partial charge in [0.1, 0.15) is 22.5 Å². The second kappa shape index (κ2) is 10.5. The van der Waals surface area contributed by atoms with Gasteiger partial charge in [0, 0.05) is 38.0 Å². The minimum Gasteiger partial charge on any atom is -0.453 e. The molecular formula is C27H24F2N6O4. The number of H-pyrrole nitrogens is 1. The molecule has 5 aromatic rings. The van der Waals surface area contributed by atoms with Crippen LogP contribution in [0.15, 0.2) is 65.7 Å². The van der Waals surface area contributed by atoms with E-state index in [0.717, 1.165) is 0 Å². The Labute approximate surface area is 220 Å². The number of aliphatic hydroxyl groups is 1. The van der Waals surface area contributed by atoms with Crippen molar-refractivity contribution in [1.82, 2.24) is 24.5 Å². The van der Waals surface area contributed by atoms with Crippen LogP contribution in [-0.4, -0.2) is 48.1 Å². The summed E-state index contributed by atoms with van der Waals surface area (Å²) >= 11 is 0. The summed E-state index contributed by atoms with van der Waals surface area (Å²) in [6, 6.07) is 10.7. The number of carbonyl (C=O) groups is 1. The summed E-state index contributed by atoms with van der Waals surface area (Å²) in [7, 11) is 1.59. The zero-order valence-electron chi connectivity index (χ0n) is 21.0. The summed E-state index contributed by atoms with van der Waals surface area (Å²) < 4.78 is 36.9. The average molecular weight is 535 g/mol. The smallest absolute Gasteiger partial charge is 0.282 e. The van der Waals surface area contributed by atoms with E-state index in [2.05, 4.69) is 20.5 Å². The van der Waals surface area contributed by atoms with E-state index in [1.54, 1.807) is 26.1 Å². The van der Waals surface area contributed by atoms with E-state index in [4.69, 9.17) is 4.74 Å². The van der Waals surface area contributed by atoms with Gasteiger partial charge in [-0.3, -0.25) is 19.4 Å². The number of benzene rings is 2. The Morgan fingerprint density at radius 1 is 1.15 bits per heavy atom. The first kappa shape index (κ1) is 25.8. The predicted octanol–water partition coefficient (Wildman–Crippen LogP) is 3.74. The number of pyridine rings is 1. The minimum atomic E-state index is -0.705. The monoisotopic (exact) mass is 534 g/mol. The van der Waals surface area contributed by atoms with Gasteiger partial charge >= 0.3 is 0 Å². The lowest BCUT2D eigenvalue weighted by atomic mass is 10.1. The van der Waals surface area contributed by atoms with E-state index in [0.29, 0.717) is 28.1 Å². The molecule has 200 valence electrons. The molecule has 0 aliphatic carbocycles. The molecule has 39 heavy (non-hydrogen) atoms. The molecule has 0 spiro atoms. The van der Waals surface area contributed by atoms with Crippen LogP contribution in [0.4, 0.5) is 14.6 Å².